The van der Waals surface area contributed by atoms with E-state index in [9.17, 15) is 5.11 Å². The van der Waals surface area contributed by atoms with Gasteiger partial charge in [-0.3, -0.25) is 4.98 Å². The Morgan fingerprint density at radius 2 is 2.38 bits per heavy atom. The van der Waals surface area contributed by atoms with Crippen molar-refractivity contribution in [3.63, 3.8) is 0 Å². The second-order valence-corrected chi connectivity index (χ2v) is 3.99. The summed E-state index contributed by atoms with van der Waals surface area (Å²) in [6.07, 6.45) is 2.74. The van der Waals surface area contributed by atoms with Crippen molar-refractivity contribution in [2.45, 2.75) is 39.6 Å². The molecule has 0 fully saturated rings. The minimum atomic E-state index is -0.0286. The second kappa shape index (κ2) is 4.80. The average Bonchev–Trinajstić information content (AvgIpc) is 2.53. The maximum atomic E-state index is 9.25. The molecule has 0 spiro atoms. The summed E-state index contributed by atoms with van der Waals surface area (Å²) in [5, 5.41) is 9.25. The third-order valence-corrected chi connectivity index (χ3v) is 2.91. The van der Waals surface area contributed by atoms with Gasteiger partial charge in [-0.15, -0.1) is 0 Å². The number of nitrogens with zero attached hydrogens (tertiary/aromatic N) is 1. The quantitative estimate of drug-likeness (QED) is 0.826. The molecule has 88 valence electrons. The van der Waals surface area contributed by atoms with Crippen molar-refractivity contribution in [2.24, 2.45) is 0 Å². The van der Waals surface area contributed by atoms with Crippen LogP contribution in [-0.4, -0.2) is 22.8 Å². The topological polar surface area (TPSA) is 51.6 Å². The molecule has 4 nitrogen and oxygen atoms in total. The molecule has 1 atom stereocenters. The number of pyridine rings is 1. The predicted molar refractivity (Wildman–Crippen MR) is 59.3 cm³/mol. The highest BCUT2D eigenvalue weighted by atomic mass is 16.5. The Labute approximate surface area is 95.2 Å². The fourth-order valence-electron chi connectivity index (χ4n) is 1.82. The lowest BCUT2D eigenvalue weighted by atomic mass is 10.1. The van der Waals surface area contributed by atoms with Crippen LogP contribution < -0.4 is 4.74 Å². The van der Waals surface area contributed by atoms with Gasteiger partial charge in [0.25, 0.3) is 0 Å². The normalized spacial score (nSPS) is 19.8. The first kappa shape index (κ1) is 11.4. The van der Waals surface area contributed by atoms with Crippen LogP contribution in [-0.2, 0) is 18.0 Å². The second-order valence-electron chi connectivity index (χ2n) is 3.99. The number of ether oxygens (including phenoxy) is 2. The maximum absolute atomic E-state index is 9.25. The maximum Gasteiger partial charge on any atom is 0.146 e. The lowest BCUT2D eigenvalue weighted by molar-refractivity contribution is 0.0208. The number of hydrogen-bond donors (Lipinski definition) is 1. The van der Waals surface area contributed by atoms with Gasteiger partial charge in [0.15, 0.2) is 0 Å². The summed E-state index contributed by atoms with van der Waals surface area (Å²) in [6, 6.07) is 0. The summed E-state index contributed by atoms with van der Waals surface area (Å²) in [6.45, 7) is 5.00. The van der Waals surface area contributed by atoms with E-state index in [1.807, 2.05) is 6.92 Å². The van der Waals surface area contributed by atoms with E-state index in [1.54, 1.807) is 6.20 Å². The molecule has 1 aromatic rings. The molecule has 0 aliphatic carbocycles. The number of fused-ring (bicyclic) bond motifs is 1. The zero-order chi connectivity index (χ0) is 11.5. The van der Waals surface area contributed by atoms with Crippen molar-refractivity contribution in [3.05, 3.63) is 23.0 Å². The van der Waals surface area contributed by atoms with Crippen LogP contribution in [0.25, 0.3) is 0 Å². The molecule has 1 aromatic heterocycles. The number of aliphatic hydroxyl groups excluding tert-OH is 1. The monoisotopic (exact) mass is 223 g/mol. The molecule has 0 amide bonds. The molecule has 0 saturated heterocycles. The number of hydrogen-bond acceptors (Lipinski definition) is 4. The fourth-order valence-corrected chi connectivity index (χ4v) is 1.82. The molecule has 16 heavy (non-hydrogen) atoms. The Balaban J connectivity index is 2.35. The fraction of sp³-hybridized carbons (Fsp3) is 0.583. The first-order valence-electron chi connectivity index (χ1n) is 5.58. The van der Waals surface area contributed by atoms with E-state index < -0.39 is 0 Å². The highest BCUT2D eigenvalue weighted by molar-refractivity contribution is 5.41. The summed E-state index contributed by atoms with van der Waals surface area (Å²) in [4.78, 5) is 4.22. The summed E-state index contributed by atoms with van der Waals surface area (Å²) in [5.74, 6) is 0.780. The van der Waals surface area contributed by atoms with Gasteiger partial charge < -0.3 is 14.6 Å². The standard InChI is InChI=1S/C12H17NO3/c1-3-10-6-16-12-8(2)13-4-9(5-14)11(12)7-15-10/h4,10,14H,3,5-7H2,1-2H3/t10-/m1/s1. The van der Waals surface area contributed by atoms with Crippen LogP contribution in [0.2, 0.25) is 0 Å². The van der Waals surface area contributed by atoms with Gasteiger partial charge in [0.05, 0.1) is 25.0 Å². The molecular formula is C12H17NO3. The van der Waals surface area contributed by atoms with Gasteiger partial charge in [-0.1, -0.05) is 6.92 Å². The third kappa shape index (κ3) is 2.03. The number of aromatic nitrogens is 1. The molecule has 1 N–H and O–H groups in total. The number of aliphatic hydroxyl groups is 1. The Hall–Kier alpha value is -1.13. The highest BCUT2D eigenvalue weighted by Crippen LogP contribution is 2.29. The zero-order valence-corrected chi connectivity index (χ0v) is 9.69. The van der Waals surface area contributed by atoms with Crippen LogP contribution in [0.15, 0.2) is 6.20 Å². The van der Waals surface area contributed by atoms with Crippen molar-refractivity contribution in [1.29, 1.82) is 0 Å². The SMILES string of the molecule is CC[C@@H]1COc2c(C)ncc(CO)c2CO1. The molecule has 1 aliphatic heterocycles. The smallest absolute Gasteiger partial charge is 0.146 e. The van der Waals surface area contributed by atoms with Gasteiger partial charge in [0.2, 0.25) is 0 Å². The van der Waals surface area contributed by atoms with Crippen LogP contribution in [0.3, 0.4) is 0 Å². The molecule has 1 aliphatic rings. The first-order valence-corrected chi connectivity index (χ1v) is 5.58. The molecule has 0 unspecified atom stereocenters. The Morgan fingerprint density at radius 1 is 1.56 bits per heavy atom. The van der Waals surface area contributed by atoms with Crippen LogP contribution in [0.5, 0.6) is 5.75 Å². The molecule has 4 heteroatoms. The molecule has 2 rings (SSSR count). The lowest BCUT2D eigenvalue weighted by Crippen LogP contribution is -2.17. The third-order valence-electron chi connectivity index (χ3n) is 2.91. The first-order chi connectivity index (χ1) is 7.76. The minimum absolute atomic E-state index is 0.0286. The van der Waals surface area contributed by atoms with Crippen molar-refractivity contribution >= 4 is 0 Å². The summed E-state index contributed by atoms with van der Waals surface area (Å²) in [7, 11) is 0. The lowest BCUT2D eigenvalue weighted by Gasteiger charge is -2.12. The van der Waals surface area contributed by atoms with Crippen molar-refractivity contribution in [3.8, 4) is 5.75 Å². The number of aryl methyl sites for hydroxylation is 1. The van der Waals surface area contributed by atoms with Gasteiger partial charge >= 0.3 is 0 Å². The highest BCUT2D eigenvalue weighted by Gasteiger charge is 2.20. The molecule has 0 bridgehead atoms. The Bertz CT molecular complexity index is 379. The van der Waals surface area contributed by atoms with Crippen molar-refractivity contribution < 1.29 is 14.6 Å². The average molecular weight is 223 g/mol. The van der Waals surface area contributed by atoms with Crippen molar-refractivity contribution in [2.75, 3.05) is 6.61 Å². The van der Waals surface area contributed by atoms with E-state index in [0.29, 0.717) is 13.2 Å². The molecule has 0 radical (unpaired) electrons. The largest absolute Gasteiger partial charge is 0.489 e. The predicted octanol–water partition coefficient (Wildman–Crippen LogP) is 1.57. The van der Waals surface area contributed by atoms with Crippen LogP contribution in [0, 0.1) is 6.92 Å². The van der Waals surface area contributed by atoms with Crippen molar-refractivity contribution in [1.82, 2.24) is 4.98 Å². The van der Waals surface area contributed by atoms with Crippen LogP contribution in [0.1, 0.15) is 30.2 Å². The molecular weight excluding hydrogens is 206 g/mol. The number of rotatable bonds is 2. The Morgan fingerprint density at radius 3 is 3.06 bits per heavy atom. The van der Waals surface area contributed by atoms with E-state index in [0.717, 1.165) is 29.0 Å². The molecule has 0 saturated carbocycles. The Kier molecular flexibility index (Phi) is 3.41. The summed E-state index contributed by atoms with van der Waals surface area (Å²) in [5.41, 5.74) is 2.58. The van der Waals surface area contributed by atoms with Gasteiger partial charge in [-0.2, -0.15) is 0 Å². The van der Waals surface area contributed by atoms with E-state index in [1.165, 1.54) is 0 Å². The minimum Gasteiger partial charge on any atom is -0.489 e. The van der Waals surface area contributed by atoms with Gasteiger partial charge in [0, 0.05) is 17.3 Å². The summed E-state index contributed by atoms with van der Waals surface area (Å²) < 4.78 is 11.4. The summed E-state index contributed by atoms with van der Waals surface area (Å²) >= 11 is 0. The van der Waals surface area contributed by atoms with E-state index in [-0.39, 0.29) is 12.7 Å². The zero-order valence-electron chi connectivity index (χ0n) is 9.69. The van der Waals surface area contributed by atoms with E-state index in [4.69, 9.17) is 9.47 Å². The molecule has 2 heterocycles. The molecule has 0 aromatic carbocycles. The van der Waals surface area contributed by atoms with Crippen LogP contribution in [0.4, 0.5) is 0 Å². The van der Waals surface area contributed by atoms with Gasteiger partial charge in [-0.25, -0.2) is 0 Å². The van der Waals surface area contributed by atoms with Crippen LogP contribution >= 0.6 is 0 Å². The van der Waals surface area contributed by atoms with Gasteiger partial charge in [-0.05, 0) is 13.3 Å². The van der Waals surface area contributed by atoms with Gasteiger partial charge in [0.1, 0.15) is 12.4 Å². The van der Waals surface area contributed by atoms with E-state index >= 15 is 0 Å². The van der Waals surface area contributed by atoms with E-state index in [2.05, 4.69) is 11.9 Å².